The van der Waals surface area contributed by atoms with Gasteiger partial charge in [-0.05, 0) is 18.1 Å². The van der Waals surface area contributed by atoms with Gasteiger partial charge in [-0.3, -0.25) is 4.79 Å². The highest BCUT2D eigenvalue weighted by molar-refractivity contribution is 5.99. The average molecular weight is 254 g/mol. The topological polar surface area (TPSA) is 26.3 Å². The number of Topliss-reactive ketones (excluding diaryl/α,β-unsaturated/α-hetero) is 1. The Morgan fingerprint density at radius 3 is 2.32 bits per heavy atom. The predicted octanol–water partition coefficient (Wildman–Crippen LogP) is 3.68. The molecule has 2 aromatic carbocycles. The second kappa shape index (κ2) is 6.19. The summed E-state index contributed by atoms with van der Waals surface area (Å²) in [6.45, 7) is 2.06. The van der Waals surface area contributed by atoms with Crippen LogP contribution in [0.1, 0.15) is 28.4 Å². The second-order valence-corrected chi connectivity index (χ2v) is 4.42. The number of aryl methyl sites for hydroxylation is 1. The van der Waals surface area contributed by atoms with Gasteiger partial charge in [0.15, 0.2) is 5.78 Å². The first-order valence-corrected chi connectivity index (χ1v) is 6.49. The molecule has 2 heteroatoms. The number of hydrogen-bond acceptors (Lipinski definition) is 2. The fourth-order valence-electron chi connectivity index (χ4n) is 2.22. The number of ketones is 1. The van der Waals surface area contributed by atoms with E-state index in [2.05, 4.69) is 6.92 Å². The van der Waals surface area contributed by atoms with E-state index in [1.807, 2.05) is 48.5 Å². The number of carbonyl (C=O) groups excluding carboxylic acids is 1. The van der Waals surface area contributed by atoms with Gasteiger partial charge in [-0.15, -0.1) is 0 Å². The van der Waals surface area contributed by atoms with Crippen molar-refractivity contribution in [3.63, 3.8) is 0 Å². The Morgan fingerprint density at radius 2 is 1.63 bits per heavy atom. The highest BCUT2D eigenvalue weighted by atomic mass is 16.5. The maximum absolute atomic E-state index is 12.4. The second-order valence-electron chi connectivity index (χ2n) is 4.42. The monoisotopic (exact) mass is 254 g/mol. The van der Waals surface area contributed by atoms with Crippen LogP contribution in [-0.4, -0.2) is 12.9 Å². The fourth-order valence-corrected chi connectivity index (χ4v) is 2.22. The number of hydrogen-bond donors (Lipinski definition) is 0. The van der Waals surface area contributed by atoms with Gasteiger partial charge in [0, 0.05) is 17.5 Å². The molecule has 0 aliphatic rings. The molecule has 2 aromatic rings. The first kappa shape index (κ1) is 13.3. The number of para-hydroxylation sites is 1. The molecular formula is C17H18O2. The molecule has 0 radical (unpaired) electrons. The van der Waals surface area contributed by atoms with Gasteiger partial charge in [-0.25, -0.2) is 0 Å². The largest absolute Gasteiger partial charge is 0.496 e. The van der Waals surface area contributed by atoms with E-state index in [-0.39, 0.29) is 5.78 Å². The van der Waals surface area contributed by atoms with Crippen LogP contribution in [0.2, 0.25) is 0 Å². The van der Waals surface area contributed by atoms with Gasteiger partial charge in [-0.2, -0.15) is 0 Å². The van der Waals surface area contributed by atoms with E-state index in [1.54, 1.807) is 7.11 Å². The molecular weight excluding hydrogens is 236 g/mol. The summed E-state index contributed by atoms with van der Waals surface area (Å²) < 4.78 is 5.29. The van der Waals surface area contributed by atoms with Crippen LogP contribution in [0.5, 0.6) is 5.75 Å². The highest BCUT2D eigenvalue weighted by Crippen LogP contribution is 2.20. The standard InChI is InChI=1S/C17H18O2/c1-3-13-8-4-6-10-15(13)16(18)12-14-9-5-7-11-17(14)19-2/h4-11H,3,12H2,1-2H3. The molecule has 2 nitrogen and oxygen atoms in total. The van der Waals surface area contributed by atoms with Crippen LogP contribution in [0, 0.1) is 0 Å². The Balaban J connectivity index is 2.26. The zero-order chi connectivity index (χ0) is 13.7. The Kier molecular flexibility index (Phi) is 4.35. The number of rotatable bonds is 5. The number of methoxy groups -OCH3 is 1. The average Bonchev–Trinajstić information content (AvgIpc) is 2.47. The molecule has 2 rings (SSSR count). The van der Waals surface area contributed by atoms with Crippen molar-refractivity contribution in [1.82, 2.24) is 0 Å². The van der Waals surface area contributed by atoms with E-state index >= 15 is 0 Å². The van der Waals surface area contributed by atoms with Crippen molar-refractivity contribution >= 4 is 5.78 Å². The lowest BCUT2D eigenvalue weighted by atomic mass is 9.97. The molecule has 0 unspecified atom stereocenters. The minimum absolute atomic E-state index is 0.141. The first-order valence-electron chi connectivity index (χ1n) is 6.49. The molecule has 0 bridgehead atoms. The molecule has 0 aromatic heterocycles. The van der Waals surface area contributed by atoms with Crippen LogP contribution < -0.4 is 4.74 Å². The molecule has 0 saturated heterocycles. The summed E-state index contributed by atoms with van der Waals surface area (Å²) in [5.41, 5.74) is 2.85. The summed E-state index contributed by atoms with van der Waals surface area (Å²) in [6, 6.07) is 15.4. The molecule has 0 amide bonds. The van der Waals surface area contributed by atoms with Gasteiger partial charge < -0.3 is 4.74 Å². The van der Waals surface area contributed by atoms with E-state index in [1.165, 1.54) is 0 Å². The van der Waals surface area contributed by atoms with Gasteiger partial charge in [0.25, 0.3) is 0 Å². The van der Waals surface area contributed by atoms with E-state index in [0.29, 0.717) is 6.42 Å². The fraction of sp³-hybridized carbons (Fsp3) is 0.235. The van der Waals surface area contributed by atoms with E-state index < -0.39 is 0 Å². The van der Waals surface area contributed by atoms with Crippen LogP contribution in [0.15, 0.2) is 48.5 Å². The maximum Gasteiger partial charge on any atom is 0.167 e. The summed E-state index contributed by atoms with van der Waals surface area (Å²) in [7, 11) is 1.63. The molecule has 0 atom stereocenters. The molecule has 0 N–H and O–H groups in total. The maximum atomic E-state index is 12.4. The number of benzene rings is 2. The van der Waals surface area contributed by atoms with E-state index in [0.717, 1.165) is 28.9 Å². The molecule has 0 aliphatic heterocycles. The van der Waals surface area contributed by atoms with Gasteiger partial charge in [-0.1, -0.05) is 49.4 Å². The third-order valence-corrected chi connectivity index (χ3v) is 3.24. The summed E-state index contributed by atoms with van der Waals surface area (Å²) in [5.74, 6) is 0.909. The minimum atomic E-state index is 0.141. The molecule has 0 fully saturated rings. The molecule has 0 aliphatic carbocycles. The lowest BCUT2D eigenvalue weighted by Gasteiger charge is -2.09. The third-order valence-electron chi connectivity index (χ3n) is 3.24. The number of carbonyl (C=O) groups is 1. The van der Waals surface area contributed by atoms with Crippen LogP contribution >= 0.6 is 0 Å². The molecule has 0 saturated carbocycles. The lowest BCUT2D eigenvalue weighted by molar-refractivity contribution is 0.0991. The minimum Gasteiger partial charge on any atom is -0.496 e. The van der Waals surface area contributed by atoms with Crippen molar-refractivity contribution in [1.29, 1.82) is 0 Å². The van der Waals surface area contributed by atoms with Gasteiger partial charge >= 0.3 is 0 Å². The quantitative estimate of drug-likeness (QED) is 0.761. The Labute approximate surface area is 114 Å². The van der Waals surface area contributed by atoms with Crippen molar-refractivity contribution in [2.24, 2.45) is 0 Å². The molecule has 0 heterocycles. The zero-order valence-electron chi connectivity index (χ0n) is 11.3. The summed E-state index contributed by atoms with van der Waals surface area (Å²) in [6.07, 6.45) is 1.24. The van der Waals surface area contributed by atoms with E-state index in [4.69, 9.17) is 4.74 Å². The highest BCUT2D eigenvalue weighted by Gasteiger charge is 2.12. The summed E-state index contributed by atoms with van der Waals surface area (Å²) >= 11 is 0. The molecule has 0 spiro atoms. The normalized spacial score (nSPS) is 10.2. The Bertz CT molecular complexity index is 573. The Morgan fingerprint density at radius 1 is 1.00 bits per heavy atom. The molecule has 98 valence electrons. The Hall–Kier alpha value is -2.09. The smallest absolute Gasteiger partial charge is 0.167 e. The van der Waals surface area contributed by atoms with Crippen molar-refractivity contribution in [3.8, 4) is 5.75 Å². The molecule has 19 heavy (non-hydrogen) atoms. The van der Waals surface area contributed by atoms with Crippen molar-refractivity contribution in [2.75, 3.05) is 7.11 Å². The lowest BCUT2D eigenvalue weighted by Crippen LogP contribution is -2.07. The first-order chi connectivity index (χ1) is 9.26. The van der Waals surface area contributed by atoms with Gasteiger partial charge in [0.05, 0.1) is 7.11 Å². The predicted molar refractivity (Wildman–Crippen MR) is 76.8 cm³/mol. The zero-order valence-corrected chi connectivity index (χ0v) is 11.3. The SMILES string of the molecule is CCc1ccccc1C(=O)Cc1ccccc1OC. The van der Waals surface area contributed by atoms with Gasteiger partial charge in [0.2, 0.25) is 0 Å². The van der Waals surface area contributed by atoms with E-state index in [9.17, 15) is 4.79 Å². The van der Waals surface area contributed by atoms with Gasteiger partial charge in [0.1, 0.15) is 5.75 Å². The van der Waals surface area contributed by atoms with Crippen LogP contribution in [-0.2, 0) is 12.8 Å². The van der Waals surface area contributed by atoms with Crippen LogP contribution in [0.25, 0.3) is 0 Å². The summed E-state index contributed by atoms with van der Waals surface area (Å²) in [4.78, 5) is 12.4. The van der Waals surface area contributed by atoms with Crippen LogP contribution in [0.3, 0.4) is 0 Å². The number of ether oxygens (including phenoxy) is 1. The third kappa shape index (κ3) is 3.02. The van der Waals surface area contributed by atoms with Crippen molar-refractivity contribution in [2.45, 2.75) is 19.8 Å². The summed E-state index contributed by atoms with van der Waals surface area (Å²) in [5, 5.41) is 0. The van der Waals surface area contributed by atoms with Crippen molar-refractivity contribution in [3.05, 3.63) is 65.2 Å². The van der Waals surface area contributed by atoms with Crippen molar-refractivity contribution < 1.29 is 9.53 Å². The van der Waals surface area contributed by atoms with Crippen LogP contribution in [0.4, 0.5) is 0 Å².